The van der Waals surface area contributed by atoms with Crippen LogP contribution in [0, 0.1) is 0 Å². The Hall–Kier alpha value is -3.42. The van der Waals surface area contributed by atoms with Gasteiger partial charge in [0.05, 0.1) is 18.0 Å². The Morgan fingerprint density at radius 3 is 2.33 bits per heavy atom. The number of carbonyl (C=O) groups is 1. The van der Waals surface area contributed by atoms with Crippen LogP contribution in [0.5, 0.6) is 5.88 Å². The van der Waals surface area contributed by atoms with Crippen molar-refractivity contribution in [3.8, 4) is 5.88 Å². The maximum Gasteiger partial charge on any atom is 0.416 e. The molecule has 30 heavy (non-hydrogen) atoms. The van der Waals surface area contributed by atoms with Crippen LogP contribution in [0.3, 0.4) is 0 Å². The summed E-state index contributed by atoms with van der Waals surface area (Å²) in [5.41, 5.74) is 1.10. The van der Waals surface area contributed by atoms with Gasteiger partial charge in [-0.25, -0.2) is 9.97 Å². The molecule has 0 radical (unpaired) electrons. The van der Waals surface area contributed by atoms with Crippen LogP contribution in [0.1, 0.15) is 40.0 Å². The molecule has 0 aliphatic rings. The molecule has 1 aromatic heterocycles. The van der Waals surface area contributed by atoms with Crippen molar-refractivity contribution in [2.45, 2.75) is 25.6 Å². The van der Waals surface area contributed by atoms with Gasteiger partial charge in [-0.2, -0.15) is 13.2 Å². The second kappa shape index (κ2) is 9.39. The second-order valence-corrected chi connectivity index (χ2v) is 6.74. The van der Waals surface area contributed by atoms with Gasteiger partial charge in [-0.1, -0.05) is 49.4 Å². The Labute approximate surface area is 171 Å². The second-order valence-electron chi connectivity index (χ2n) is 6.74. The number of nitrogens with zero attached hydrogens (tertiary/aromatic N) is 2. The molecule has 3 aromatic rings. The molecule has 156 valence electrons. The molecule has 0 aliphatic heterocycles. The zero-order chi connectivity index (χ0) is 21.6. The molecule has 5 nitrogen and oxygen atoms in total. The number of rotatable bonds is 7. The zero-order valence-electron chi connectivity index (χ0n) is 16.2. The minimum absolute atomic E-state index is 0.127. The number of amides is 1. The standard InChI is InChI=1S/C22H20F3N3O2/c1-15(17-7-9-18(10-8-17)22(23,24)25)11-28-21(29)19-12-27-20(13-26-19)30-14-16-5-3-2-4-6-16/h2-10,12-13,15H,11,14H2,1H3,(H,28,29). The number of ether oxygens (including phenoxy) is 1. The number of alkyl halides is 3. The van der Waals surface area contributed by atoms with Crippen LogP contribution in [-0.4, -0.2) is 22.4 Å². The Balaban J connectivity index is 1.50. The van der Waals surface area contributed by atoms with Crippen molar-refractivity contribution < 1.29 is 22.7 Å². The third-order valence-electron chi connectivity index (χ3n) is 4.47. The fraction of sp³-hybridized carbons (Fsp3) is 0.227. The van der Waals surface area contributed by atoms with Crippen LogP contribution < -0.4 is 10.1 Å². The number of benzene rings is 2. The average Bonchev–Trinajstić information content (AvgIpc) is 2.76. The molecule has 0 spiro atoms. The summed E-state index contributed by atoms with van der Waals surface area (Å²) in [4.78, 5) is 20.4. The highest BCUT2D eigenvalue weighted by Gasteiger charge is 2.30. The molecule has 0 fully saturated rings. The van der Waals surface area contributed by atoms with E-state index in [1.807, 2.05) is 37.3 Å². The van der Waals surface area contributed by atoms with Crippen LogP contribution in [-0.2, 0) is 12.8 Å². The van der Waals surface area contributed by atoms with E-state index in [-0.39, 0.29) is 18.2 Å². The van der Waals surface area contributed by atoms with Crippen molar-refractivity contribution in [3.63, 3.8) is 0 Å². The number of nitrogens with one attached hydrogen (secondary N) is 1. The van der Waals surface area contributed by atoms with Gasteiger partial charge in [-0.3, -0.25) is 4.79 Å². The lowest BCUT2D eigenvalue weighted by Crippen LogP contribution is -2.28. The number of hydrogen-bond acceptors (Lipinski definition) is 4. The molecule has 0 saturated heterocycles. The maximum atomic E-state index is 12.6. The number of hydrogen-bond donors (Lipinski definition) is 1. The quantitative estimate of drug-likeness (QED) is 0.612. The van der Waals surface area contributed by atoms with Crippen molar-refractivity contribution in [3.05, 3.63) is 89.4 Å². The summed E-state index contributed by atoms with van der Waals surface area (Å²) in [5, 5.41) is 2.71. The average molecular weight is 415 g/mol. The van der Waals surface area contributed by atoms with Gasteiger partial charge >= 0.3 is 6.18 Å². The SMILES string of the molecule is CC(CNC(=O)c1cnc(OCc2ccccc2)cn1)c1ccc(C(F)(F)F)cc1. The monoisotopic (exact) mass is 415 g/mol. The van der Waals surface area contributed by atoms with E-state index >= 15 is 0 Å². The molecule has 0 bridgehead atoms. The lowest BCUT2D eigenvalue weighted by atomic mass is 9.99. The summed E-state index contributed by atoms with van der Waals surface area (Å²) in [7, 11) is 0. The van der Waals surface area contributed by atoms with E-state index in [0.29, 0.717) is 18.1 Å². The van der Waals surface area contributed by atoms with Gasteiger partial charge in [-0.05, 0) is 29.2 Å². The molecule has 1 heterocycles. The van der Waals surface area contributed by atoms with E-state index in [0.717, 1.165) is 17.7 Å². The molecule has 1 atom stereocenters. The van der Waals surface area contributed by atoms with E-state index in [1.54, 1.807) is 0 Å². The summed E-state index contributed by atoms with van der Waals surface area (Å²) >= 11 is 0. The lowest BCUT2D eigenvalue weighted by Gasteiger charge is -2.14. The van der Waals surface area contributed by atoms with E-state index in [9.17, 15) is 18.0 Å². The Bertz CT molecular complexity index is 960. The lowest BCUT2D eigenvalue weighted by molar-refractivity contribution is -0.137. The molecule has 0 saturated carbocycles. The Kier molecular flexibility index (Phi) is 6.66. The van der Waals surface area contributed by atoms with E-state index in [4.69, 9.17) is 4.74 Å². The van der Waals surface area contributed by atoms with Crippen molar-refractivity contribution in [1.82, 2.24) is 15.3 Å². The summed E-state index contributed by atoms with van der Waals surface area (Å²) in [6.07, 6.45) is -1.68. The van der Waals surface area contributed by atoms with E-state index < -0.39 is 17.6 Å². The molecule has 1 amide bonds. The van der Waals surface area contributed by atoms with Crippen LogP contribution in [0.15, 0.2) is 67.0 Å². The van der Waals surface area contributed by atoms with Gasteiger partial charge in [0.25, 0.3) is 5.91 Å². The fourth-order valence-corrected chi connectivity index (χ4v) is 2.69. The first-order chi connectivity index (χ1) is 14.3. The first-order valence-electron chi connectivity index (χ1n) is 9.27. The maximum absolute atomic E-state index is 12.6. The van der Waals surface area contributed by atoms with Gasteiger partial charge in [-0.15, -0.1) is 0 Å². The van der Waals surface area contributed by atoms with Crippen molar-refractivity contribution >= 4 is 5.91 Å². The van der Waals surface area contributed by atoms with Crippen LogP contribution in [0.25, 0.3) is 0 Å². The first kappa shape index (κ1) is 21.3. The summed E-state index contributed by atoms with van der Waals surface area (Å²) in [6, 6.07) is 14.5. The topological polar surface area (TPSA) is 64.1 Å². The van der Waals surface area contributed by atoms with Gasteiger partial charge in [0.2, 0.25) is 5.88 Å². The van der Waals surface area contributed by atoms with Crippen molar-refractivity contribution in [2.24, 2.45) is 0 Å². The third kappa shape index (κ3) is 5.79. The van der Waals surface area contributed by atoms with Crippen LogP contribution >= 0.6 is 0 Å². The highest BCUT2D eigenvalue weighted by molar-refractivity contribution is 5.91. The Morgan fingerprint density at radius 1 is 1.03 bits per heavy atom. The molecule has 2 aromatic carbocycles. The molecule has 0 aliphatic carbocycles. The predicted molar refractivity (Wildman–Crippen MR) is 105 cm³/mol. The summed E-state index contributed by atoms with van der Waals surface area (Å²) < 4.78 is 43.5. The summed E-state index contributed by atoms with van der Waals surface area (Å²) in [5.74, 6) is -0.290. The normalized spacial score (nSPS) is 12.3. The zero-order valence-corrected chi connectivity index (χ0v) is 16.2. The minimum Gasteiger partial charge on any atom is -0.472 e. The van der Waals surface area contributed by atoms with Gasteiger partial charge in [0.1, 0.15) is 12.3 Å². The van der Waals surface area contributed by atoms with E-state index in [1.165, 1.54) is 24.5 Å². The molecular weight excluding hydrogens is 395 g/mol. The van der Waals surface area contributed by atoms with Crippen LogP contribution in [0.4, 0.5) is 13.2 Å². The van der Waals surface area contributed by atoms with Gasteiger partial charge in [0, 0.05) is 6.54 Å². The number of carbonyl (C=O) groups excluding carboxylic acids is 1. The highest BCUT2D eigenvalue weighted by Crippen LogP contribution is 2.30. The predicted octanol–water partition coefficient (Wildman–Crippen LogP) is 4.61. The molecular formula is C22H20F3N3O2. The van der Waals surface area contributed by atoms with Gasteiger partial charge in [0.15, 0.2) is 0 Å². The summed E-state index contributed by atoms with van der Waals surface area (Å²) in [6.45, 7) is 2.40. The first-order valence-corrected chi connectivity index (χ1v) is 9.27. The third-order valence-corrected chi connectivity index (χ3v) is 4.47. The van der Waals surface area contributed by atoms with Gasteiger partial charge < -0.3 is 10.1 Å². The molecule has 8 heteroatoms. The van der Waals surface area contributed by atoms with Crippen LogP contribution in [0.2, 0.25) is 0 Å². The van der Waals surface area contributed by atoms with E-state index in [2.05, 4.69) is 15.3 Å². The minimum atomic E-state index is -4.37. The molecule has 1 N–H and O–H groups in total. The smallest absolute Gasteiger partial charge is 0.416 e. The number of halogens is 3. The van der Waals surface area contributed by atoms with Crippen molar-refractivity contribution in [2.75, 3.05) is 6.54 Å². The fourth-order valence-electron chi connectivity index (χ4n) is 2.69. The Morgan fingerprint density at radius 2 is 1.73 bits per heavy atom. The molecule has 3 rings (SSSR count). The largest absolute Gasteiger partial charge is 0.472 e. The highest BCUT2D eigenvalue weighted by atomic mass is 19.4. The van der Waals surface area contributed by atoms with Crippen molar-refractivity contribution in [1.29, 1.82) is 0 Å². The number of aromatic nitrogens is 2. The molecule has 1 unspecified atom stereocenters.